The molecule has 0 atom stereocenters. The summed E-state index contributed by atoms with van der Waals surface area (Å²) in [5.74, 6) is 0. The summed E-state index contributed by atoms with van der Waals surface area (Å²) in [5, 5.41) is 11.9. The molecule has 0 fully saturated rings. The van der Waals surface area contributed by atoms with Crippen molar-refractivity contribution in [1.82, 2.24) is 0 Å². The van der Waals surface area contributed by atoms with E-state index in [2.05, 4.69) is 254 Å². The molecule has 0 amide bonds. The minimum atomic E-state index is 0.852. The predicted octanol–water partition coefficient (Wildman–Crippen LogP) is 18.3. The molecule has 0 radical (unpaired) electrons. The van der Waals surface area contributed by atoms with E-state index in [0.29, 0.717) is 0 Å². The van der Waals surface area contributed by atoms with Crippen LogP contribution in [0.3, 0.4) is 0 Å². The van der Waals surface area contributed by atoms with Crippen molar-refractivity contribution in [2.75, 3.05) is 4.90 Å². The minimum Gasteiger partial charge on any atom is -0.455 e. The predicted molar refractivity (Wildman–Crippen MR) is 280 cm³/mol. The standard InChI is InChI=1S/C64H41NO/c1-2-18-42(19-3-1)43-34-36-44(37-35-43)49-24-12-15-31-59(49)65(60-32-16-13-29-54(60)57-40-45-20-4-6-22-47(45)50-25-8-10-27-52(50)57)61-39-38-55(64-63(61)56-30-14-17-33-62(56)66-64)58-41-46-21-5-7-23-48(46)51-26-9-11-28-53(51)58/h1-41H. The van der Waals surface area contributed by atoms with E-state index in [1.807, 2.05) is 0 Å². The van der Waals surface area contributed by atoms with E-state index in [4.69, 9.17) is 4.42 Å². The first kappa shape index (κ1) is 37.8. The molecular formula is C64H41NO. The molecule has 0 saturated carbocycles. The molecule has 0 aliphatic heterocycles. The average molecular weight is 840 g/mol. The molecule has 1 heterocycles. The van der Waals surface area contributed by atoms with Crippen LogP contribution in [0.15, 0.2) is 253 Å². The summed E-state index contributed by atoms with van der Waals surface area (Å²) in [6, 6.07) is 90.3. The summed E-state index contributed by atoms with van der Waals surface area (Å²) in [6.07, 6.45) is 0. The monoisotopic (exact) mass is 839 g/mol. The SMILES string of the molecule is c1ccc(-c2ccc(-c3ccccc3N(c3ccccc3-c3cc4ccccc4c4ccccc34)c3ccc(-c4cc5ccccc5c5ccccc45)c4oc5ccccc5c34)cc2)cc1. The fourth-order valence-electron chi connectivity index (χ4n) is 10.4. The Morgan fingerprint density at radius 1 is 0.258 bits per heavy atom. The van der Waals surface area contributed by atoms with Gasteiger partial charge in [0.1, 0.15) is 11.2 Å². The fraction of sp³-hybridized carbons (Fsp3) is 0. The number of furan rings is 1. The van der Waals surface area contributed by atoms with E-state index in [1.54, 1.807) is 0 Å². The van der Waals surface area contributed by atoms with E-state index in [-0.39, 0.29) is 0 Å². The lowest BCUT2D eigenvalue weighted by Crippen LogP contribution is -2.13. The molecule has 13 aromatic rings. The molecule has 0 spiro atoms. The van der Waals surface area contributed by atoms with Gasteiger partial charge in [0.25, 0.3) is 0 Å². The van der Waals surface area contributed by atoms with Crippen LogP contribution in [0.5, 0.6) is 0 Å². The van der Waals surface area contributed by atoms with E-state index >= 15 is 0 Å². The van der Waals surface area contributed by atoms with E-state index in [9.17, 15) is 0 Å². The number of hydrogen-bond donors (Lipinski definition) is 0. The number of anilines is 3. The second-order valence-electron chi connectivity index (χ2n) is 17.1. The fourth-order valence-corrected chi connectivity index (χ4v) is 10.4. The van der Waals surface area contributed by atoms with Crippen molar-refractivity contribution in [2.45, 2.75) is 0 Å². The van der Waals surface area contributed by atoms with Crippen molar-refractivity contribution in [3.8, 4) is 44.5 Å². The number of rotatable bonds is 7. The van der Waals surface area contributed by atoms with E-state index in [0.717, 1.165) is 66.8 Å². The van der Waals surface area contributed by atoms with Gasteiger partial charge in [0.15, 0.2) is 0 Å². The molecule has 0 saturated heterocycles. The molecule has 2 heteroatoms. The van der Waals surface area contributed by atoms with Gasteiger partial charge in [-0.3, -0.25) is 0 Å². The van der Waals surface area contributed by atoms with Crippen molar-refractivity contribution >= 4 is 82.1 Å². The Balaban J connectivity index is 1.12. The lowest BCUT2D eigenvalue weighted by molar-refractivity contribution is 0.670. The van der Waals surface area contributed by atoms with Gasteiger partial charge in [0, 0.05) is 22.1 Å². The van der Waals surface area contributed by atoms with Crippen LogP contribution in [0.2, 0.25) is 0 Å². The second kappa shape index (κ2) is 15.5. The number of hydrogen-bond acceptors (Lipinski definition) is 2. The van der Waals surface area contributed by atoms with Gasteiger partial charge in [-0.2, -0.15) is 0 Å². The number of nitrogens with zero attached hydrogens (tertiary/aromatic N) is 1. The Labute approximate surface area is 382 Å². The Morgan fingerprint density at radius 3 is 1.36 bits per heavy atom. The van der Waals surface area contributed by atoms with Gasteiger partial charge in [0.05, 0.1) is 22.4 Å². The summed E-state index contributed by atoms with van der Waals surface area (Å²) in [5.41, 5.74) is 14.1. The van der Waals surface area contributed by atoms with Crippen LogP contribution in [0.1, 0.15) is 0 Å². The minimum absolute atomic E-state index is 0.852. The zero-order valence-electron chi connectivity index (χ0n) is 36.0. The first-order valence-corrected chi connectivity index (χ1v) is 22.7. The van der Waals surface area contributed by atoms with Crippen molar-refractivity contribution in [3.63, 3.8) is 0 Å². The van der Waals surface area contributed by atoms with Crippen molar-refractivity contribution in [3.05, 3.63) is 249 Å². The Hall–Kier alpha value is -8.72. The molecular weight excluding hydrogens is 799 g/mol. The topological polar surface area (TPSA) is 16.4 Å². The zero-order valence-corrected chi connectivity index (χ0v) is 36.0. The third-order valence-electron chi connectivity index (χ3n) is 13.5. The highest BCUT2D eigenvalue weighted by molar-refractivity contribution is 6.22. The van der Waals surface area contributed by atoms with Gasteiger partial charge in [0.2, 0.25) is 0 Å². The first-order valence-electron chi connectivity index (χ1n) is 22.7. The summed E-state index contributed by atoms with van der Waals surface area (Å²) in [4.78, 5) is 2.49. The molecule has 0 unspecified atom stereocenters. The molecule has 2 nitrogen and oxygen atoms in total. The third-order valence-corrected chi connectivity index (χ3v) is 13.5. The zero-order chi connectivity index (χ0) is 43.6. The molecule has 308 valence electrons. The molecule has 0 bridgehead atoms. The Bertz CT molecular complexity index is 3990. The van der Waals surface area contributed by atoms with Crippen LogP contribution in [0.4, 0.5) is 17.1 Å². The van der Waals surface area contributed by atoms with Crippen LogP contribution < -0.4 is 4.90 Å². The normalized spacial score (nSPS) is 11.6. The average Bonchev–Trinajstić information content (AvgIpc) is 3.79. The van der Waals surface area contributed by atoms with Crippen LogP contribution in [-0.2, 0) is 0 Å². The maximum atomic E-state index is 7.13. The molecule has 0 aliphatic carbocycles. The van der Waals surface area contributed by atoms with Gasteiger partial charge in [-0.1, -0.05) is 206 Å². The summed E-state index contributed by atoms with van der Waals surface area (Å²) < 4.78 is 7.13. The van der Waals surface area contributed by atoms with Crippen molar-refractivity contribution in [1.29, 1.82) is 0 Å². The maximum Gasteiger partial charge on any atom is 0.145 e. The van der Waals surface area contributed by atoms with Gasteiger partial charge in [-0.15, -0.1) is 0 Å². The van der Waals surface area contributed by atoms with Crippen LogP contribution in [-0.4, -0.2) is 0 Å². The Morgan fingerprint density at radius 2 is 0.712 bits per heavy atom. The number of fused-ring (bicyclic) bond motifs is 9. The molecule has 0 N–H and O–H groups in total. The van der Waals surface area contributed by atoms with Crippen LogP contribution >= 0.6 is 0 Å². The molecule has 1 aromatic heterocycles. The van der Waals surface area contributed by atoms with Gasteiger partial charge in [-0.05, 0) is 113 Å². The molecule has 13 rings (SSSR count). The summed E-state index contributed by atoms with van der Waals surface area (Å²) >= 11 is 0. The molecule has 0 aliphatic rings. The highest BCUT2D eigenvalue weighted by Crippen LogP contribution is 2.52. The smallest absolute Gasteiger partial charge is 0.145 e. The van der Waals surface area contributed by atoms with Gasteiger partial charge < -0.3 is 9.32 Å². The number of benzene rings is 12. The van der Waals surface area contributed by atoms with Crippen LogP contribution in [0, 0.1) is 0 Å². The van der Waals surface area contributed by atoms with Gasteiger partial charge >= 0.3 is 0 Å². The molecule has 66 heavy (non-hydrogen) atoms. The van der Waals surface area contributed by atoms with Gasteiger partial charge in [-0.25, -0.2) is 0 Å². The quantitative estimate of drug-likeness (QED) is 0.149. The third kappa shape index (κ3) is 6.11. The van der Waals surface area contributed by atoms with Crippen LogP contribution in [0.25, 0.3) is 110 Å². The van der Waals surface area contributed by atoms with E-state index in [1.165, 1.54) is 59.8 Å². The highest BCUT2D eigenvalue weighted by Gasteiger charge is 2.27. The summed E-state index contributed by atoms with van der Waals surface area (Å²) in [7, 11) is 0. The lowest BCUT2D eigenvalue weighted by Gasteiger charge is -2.31. The first-order chi connectivity index (χ1) is 32.8. The molecule has 12 aromatic carbocycles. The van der Waals surface area contributed by atoms with E-state index < -0.39 is 0 Å². The number of para-hydroxylation sites is 3. The van der Waals surface area contributed by atoms with Crippen molar-refractivity contribution < 1.29 is 4.42 Å². The Kier molecular flexibility index (Phi) is 8.89. The lowest BCUT2D eigenvalue weighted by atomic mass is 9.90. The highest BCUT2D eigenvalue weighted by atomic mass is 16.3. The largest absolute Gasteiger partial charge is 0.455 e. The van der Waals surface area contributed by atoms with Crippen molar-refractivity contribution in [2.24, 2.45) is 0 Å². The second-order valence-corrected chi connectivity index (χ2v) is 17.1. The maximum absolute atomic E-state index is 7.13. The summed E-state index contributed by atoms with van der Waals surface area (Å²) in [6.45, 7) is 0.